The first-order chi connectivity index (χ1) is 8.09. The van der Waals surface area contributed by atoms with Crippen LogP contribution >= 0.6 is 12.2 Å². The van der Waals surface area contributed by atoms with Crippen LogP contribution < -0.4 is 15.8 Å². The van der Waals surface area contributed by atoms with E-state index in [0.29, 0.717) is 5.92 Å². The van der Waals surface area contributed by atoms with E-state index in [2.05, 4.69) is 31.5 Å². The summed E-state index contributed by atoms with van der Waals surface area (Å²) in [7, 11) is 0. The van der Waals surface area contributed by atoms with Gasteiger partial charge in [-0.3, -0.25) is 5.01 Å². The van der Waals surface area contributed by atoms with Gasteiger partial charge in [0.05, 0.1) is 5.69 Å². The van der Waals surface area contributed by atoms with E-state index in [1.807, 2.05) is 35.3 Å². The summed E-state index contributed by atoms with van der Waals surface area (Å²) in [5.74, 6) is 0.458. The third kappa shape index (κ3) is 2.15. The van der Waals surface area contributed by atoms with Gasteiger partial charge >= 0.3 is 0 Å². The summed E-state index contributed by atoms with van der Waals surface area (Å²) in [5, 5.41) is 6.11. The van der Waals surface area contributed by atoms with Crippen LogP contribution in [0.1, 0.15) is 27.2 Å². The highest BCUT2D eigenvalue weighted by atomic mass is 32.1. The third-order valence-electron chi connectivity index (χ3n) is 3.40. The molecule has 0 radical (unpaired) electrons. The van der Waals surface area contributed by atoms with Crippen LogP contribution in [0.15, 0.2) is 30.3 Å². The fourth-order valence-corrected chi connectivity index (χ4v) is 2.47. The van der Waals surface area contributed by atoms with Gasteiger partial charge in [0, 0.05) is 0 Å². The molecular formula is C13H19N3S. The summed E-state index contributed by atoms with van der Waals surface area (Å²) in [6.07, 6.45) is 0.980. The molecule has 0 aliphatic carbocycles. The van der Waals surface area contributed by atoms with E-state index in [1.54, 1.807) is 0 Å². The van der Waals surface area contributed by atoms with E-state index in [0.717, 1.165) is 17.2 Å². The van der Waals surface area contributed by atoms with Crippen LogP contribution in [0.2, 0.25) is 0 Å². The van der Waals surface area contributed by atoms with Crippen LogP contribution in [-0.4, -0.2) is 10.8 Å². The lowest BCUT2D eigenvalue weighted by Gasteiger charge is -2.32. The Kier molecular flexibility index (Phi) is 3.35. The maximum Gasteiger partial charge on any atom is 0.189 e. The molecule has 4 heteroatoms. The summed E-state index contributed by atoms with van der Waals surface area (Å²) < 4.78 is 0. The first-order valence-corrected chi connectivity index (χ1v) is 6.45. The number of hydrogen-bond donors (Lipinski definition) is 2. The van der Waals surface area contributed by atoms with Gasteiger partial charge in [-0.05, 0) is 36.7 Å². The quantitative estimate of drug-likeness (QED) is 0.805. The number of thiocarbonyl (C=S) groups is 1. The Morgan fingerprint density at radius 2 is 1.94 bits per heavy atom. The first kappa shape index (κ1) is 12.3. The molecule has 1 aliphatic rings. The minimum atomic E-state index is -0.132. The molecule has 0 aromatic heterocycles. The van der Waals surface area contributed by atoms with Gasteiger partial charge in [-0.1, -0.05) is 39.0 Å². The molecule has 0 amide bonds. The summed E-state index contributed by atoms with van der Waals surface area (Å²) >= 11 is 5.41. The van der Waals surface area contributed by atoms with Crippen molar-refractivity contribution in [2.75, 3.05) is 5.01 Å². The average molecular weight is 249 g/mol. The molecule has 1 aromatic rings. The number of anilines is 1. The lowest BCUT2D eigenvalue weighted by Crippen LogP contribution is -2.54. The van der Waals surface area contributed by atoms with Crippen molar-refractivity contribution in [3.05, 3.63) is 30.3 Å². The molecular weight excluding hydrogens is 230 g/mol. The van der Waals surface area contributed by atoms with Crippen molar-refractivity contribution in [1.29, 1.82) is 0 Å². The molecule has 92 valence electrons. The zero-order valence-electron chi connectivity index (χ0n) is 10.5. The molecule has 3 nitrogen and oxygen atoms in total. The Hall–Kier alpha value is -1.13. The Morgan fingerprint density at radius 3 is 2.41 bits per heavy atom. The summed E-state index contributed by atoms with van der Waals surface area (Å²) in [5.41, 5.74) is 4.44. The van der Waals surface area contributed by atoms with Gasteiger partial charge in [0.15, 0.2) is 5.11 Å². The molecule has 1 aromatic carbocycles. The molecule has 0 saturated carbocycles. The van der Waals surface area contributed by atoms with Crippen LogP contribution in [0.5, 0.6) is 0 Å². The van der Waals surface area contributed by atoms with Crippen molar-refractivity contribution in [3.8, 4) is 0 Å². The van der Waals surface area contributed by atoms with Crippen molar-refractivity contribution < 1.29 is 0 Å². The minimum absolute atomic E-state index is 0.132. The van der Waals surface area contributed by atoms with Gasteiger partial charge in [0.2, 0.25) is 0 Å². The van der Waals surface area contributed by atoms with Crippen LogP contribution in [0.4, 0.5) is 5.69 Å². The zero-order chi connectivity index (χ0) is 12.5. The predicted octanol–water partition coefficient (Wildman–Crippen LogP) is 2.65. The number of hydrogen-bond acceptors (Lipinski definition) is 2. The monoisotopic (exact) mass is 249 g/mol. The molecule has 17 heavy (non-hydrogen) atoms. The topological polar surface area (TPSA) is 27.3 Å². The SMILES string of the molecule is CCC1(C(C)C)NC(=S)N(c2ccccc2)N1. The van der Waals surface area contributed by atoms with Gasteiger partial charge in [-0.15, -0.1) is 0 Å². The van der Waals surface area contributed by atoms with Crippen LogP contribution in [0.25, 0.3) is 0 Å². The molecule has 2 N–H and O–H groups in total. The Bertz CT molecular complexity index is 404. The normalized spacial score (nSPS) is 24.2. The van der Waals surface area contributed by atoms with Crippen molar-refractivity contribution in [2.45, 2.75) is 32.9 Å². The highest BCUT2D eigenvalue weighted by Crippen LogP contribution is 2.26. The summed E-state index contributed by atoms with van der Waals surface area (Å²) in [4.78, 5) is 0. The molecule has 0 spiro atoms. The molecule has 1 unspecified atom stereocenters. The maximum atomic E-state index is 5.41. The standard InChI is InChI=1S/C13H19N3S/c1-4-13(10(2)3)14-12(17)16(15-13)11-8-6-5-7-9-11/h5-10,15H,4H2,1-3H3,(H,14,17). The lowest BCUT2D eigenvalue weighted by atomic mass is 9.94. The van der Waals surface area contributed by atoms with Crippen molar-refractivity contribution in [1.82, 2.24) is 10.7 Å². The van der Waals surface area contributed by atoms with E-state index >= 15 is 0 Å². The summed E-state index contributed by atoms with van der Waals surface area (Å²) in [6, 6.07) is 10.1. The van der Waals surface area contributed by atoms with Gasteiger partial charge in [-0.25, -0.2) is 5.43 Å². The van der Waals surface area contributed by atoms with Gasteiger partial charge in [-0.2, -0.15) is 0 Å². The minimum Gasteiger partial charge on any atom is -0.341 e. The number of hydrazine groups is 1. The number of rotatable bonds is 3. The number of nitrogens with one attached hydrogen (secondary N) is 2. The van der Waals surface area contributed by atoms with Crippen molar-refractivity contribution >= 4 is 23.0 Å². The largest absolute Gasteiger partial charge is 0.341 e. The summed E-state index contributed by atoms with van der Waals surface area (Å²) in [6.45, 7) is 6.55. The molecule has 2 rings (SSSR count). The highest BCUT2D eigenvalue weighted by Gasteiger charge is 2.41. The van der Waals surface area contributed by atoms with Gasteiger partial charge < -0.3 is 5.32 Å². The highest BCUT2D eigenvalue weighted by molar-refractivity contribution is 7.80. The molecule has 1 atom stereocenters. The fraction of sp³-hybridized carbons (Fsp3) is 0.462. The van der Waals surface area contributed by atoms with Crippen LogP contribution in [-0.2, 0) is 0 Å². The van der Waals surface area contributed by atoms with Crippen LogP contribution in [0, 0.1) is 5.92 Å². The molecule has 1 aliphatic heterocycles. The maximum absolute atomic E-state index is 5.41. The average Bonchev–Trinajstić information content (AvgIpc) is 2.69. The second-order valence-corrected chi connectivity index (χ2v) is 5.08. The number of nitrogens with zero attached hydrogens (tertiary/aromatic N) is 1. The van der Waals surface area contributed by atoms with Crippen LogP contribution in [0.3, 0.4) is 0 Å². The zero-order valence-corrected chi connectivity index (χ0v) is 11.3. The fourth-order valence-electron chi connectivity index (χ4n) is 2.13. The van der Waals surface area contributed by atoms with Crippen molar-refractivity contribution in [2.24, 2.45) is 5.92 Å². The Balaban J connectivity index is 2.26. The van der Waals surface area contributed by atoms with E-state index in [-0.39, 0.29) is 5.66 Å². The first-order valence-electron chi connectivity index (χ1n) is 6.04. The van der Waals surface area contributed by atoms with Gasteiger partial charge in [0.25, 0.3) is 0 Å². The predicted molar refractivity (Wildman–Crippen MR) is 75.7 cm³/mol. The molecule has 0 bridgehead atoms. The third-order valence-corrected chi connectivity index (χ3v) is 3.69. The van der Waals surface area contributed by atoms with Gasteiger partial charge in [0.1, 0.15) is 5.66 Å². The van der Waals surface area contributed by atoms with E-state index < -0.39 is 0 Å². The number of benzene rings is 1. The lowest BCUT2D eigenvalue weighted by molar-refractivity contribution is 0.234. The van der Waals surface area contributed by atoms with E-state index in [1.165, 1.54) is 0 Å². The molecule has 1 fully saturated rings. The number of para-hydroxylation sites is 1. The van der Waals surface area contributed by atoms with E-state index in [4.69, 9.17) is 12.2 Å². The Labute approximate surface area is 108 Å². The smallest absolute Gasteiger partial charge is 0.189 e. The second kappa shape index (κ2) is 4.63. The molecule has 1 heterocycles. The Morgan fingerprint density at radius 1 is 1.29 bits per heavy atom. The van der Waals surface area contributed by atoms with Crippen molar-refractivity contribution in [3.63, 3.8) is 0 Å². The second-order valence-electron chi connectivity index (χ2n) is 4.69. The molecule has 1 saturated heterocycles. The van der Waals surface area contributed by atoms with E-state index in [9.17, 15) is 0 Å².